The molecule has 4 nitrogen and oxygen atoms in total. The normalized spacial score (nSPS) is 10.1. The predicted octanol–water partition coefficient (Wildman–Crippen LogP) is 1.77. The third-order valence-electron chi connectivity index (χ3n) is 2.94. The van der Waals surface area contributed by atoms with E-state index in [4.69, 9.17) is 0 Å². The van der Waals surface area contributed by atoms with Gasteiger partial charge in [-0.1, -0.05) is 36.4 Å². The van der Waals surface area contributed by atoms with Gasteiger partial charge in [0, 0.05) is 11.4 Å². The second-order valence-electron chi connectivity index (χ2n) is 4.62. The summed E-state index contributed by atoms with van der Waals surface area (Å²) in [7, 11) is 0. The van der Waals surface area contributed by atoms with Gasteiger partial charge in [-0.15, -0.1) is 11.3 Å². The number of rotatable bonds is 7. The molecule has 2 amide bonds. The first kappa shape index (κ1) is 15.3. The molecule has 0 aliphatic carbocycles. The van der Waals surface area contributed by atoms with Crippen LogP contribution in [0.5, 0.6) is 0 Å². The number of nitrogens with one attached hydrogen (secondary N) is 2. The Morgan fingerprint density at radius 2 is 1.76 bits per heavy atom. The van der Waals surface area contributed by atoms with Crippen LogP contribution in [-0.2, 0) is 22.4 Å². The van der Waals surface area contributed by atoms with Crippen molar-refractivity contribution in [1.82, 2.24) is 10.6 Å². The fraction of sp³-hybridized carbons (Fsp3) is 0.250. The van der Waals surface area contributed by atoms with Gasteiger partial charge in [-0.2, -0.15) is 0 Å². The summed E-state index contributed by atoms with van der Waals surface area (Å²) >= 11 is 1.54. The Balaban J connectivity index is 1.60. The molecule has 2 aromatic rings. The Morgan fingerprint density at radius 1 is 0.952 bits per heavy atom. The largest absolute Gasteiger partial charge is 0.354 e. The zero-order valence-corrected chi connectivity index (χ0v) is 12.5. The van der Waals surface area contributed by atoms with Gasteiger partial charge in [0.2, 0.25) is 11.8 Å². The Kier molecular flexibility index (Phi) is 5.97. The molecule has 2 N–H and O–H groups in total. The highest BCUT2D eigenvalue weighted by Crippen LogP contribution is 2.08. The topological polar surface area (TPSA) is 58.2 Å². The molecule has 0 unspecified atom stereocenters. The average molecular weight is 302 g/mol. The van der Waals surface area contributed by atoms with Crippen LogP contribution in [0.25, 0.3) is 0 Å². The highest BCUT2D eigenvalue weighted by Gasteiger charge is 2.06. The summed E-state index contributed by atoms with van der Waals surface area (Å²) in [5.74, 6) is -0.291. The van der Waals surface area contributed by atoms with Gasteiger partial charge in [0.25, 0.3) is 0 Å². The van der Waals surface area contributed by atoms with E-state index in [-0.39, 0.29) is 18.4 Å². The molecule has 1 aromatic heterocycles. The van der Waals surface area contributed by atoms with Crippen LogP contribution in [0.3, 0.4) is 0 Å². The lowest BCUT2D eigenvalue weighted by Crippen LogP contribution is -2.38. The first-order chi connectivity index (χ1) is 10.2. The molecule has 0 bridgehead atoms. The Bertz CT molecular complexity index is 567. The van der Waals surface area contributed by atoms with Crippen molar-refractivity contribution in [3.63, 3.8) is 0 Å². The van der Waals surface area contributed by atoms with Crippen molar-refractivity contribution in [2.75, 3.05) is 13.1 Å². The second-order valence-corrected chi connectivity index (χ2v) is 5.65. The number of hydrogen-bond donors (Lipinski definition) is 2. The quantitative estimate of drug-likeness (QED) is 0.819. The van der Waals surface area contributed by atoms with E-state index in [0.29, 0.717) is 13.0 Å². The Hall–Kier alpha value is -2.14. The number of carbonyl (C=O) groups is 2. The van der Waals surface area contributed by atoms with Crippen molar-refractivity contribution >= 4 is 23.2 Å². The van der Waals surface area contributed by atoms with Gasteiger partial charge in [0.1, 0.15) is 0 Å². The van der Waals surface area contributed by atoms with Gasteiger partial charge in [-0.3, -0.25) is 9.59 Å². The average Bonchev–Trinajstić information content (AvgIpc) is 2.99. The third-order valence-corrected chi connectivity index (χ3v) is 3.82. The molecule has 1 aromatic carbocycles. The van der Waals surface area contributed by atoms with Gasteiger partial charge in [-0.05, 0) is 23.4 Å². The lowest BCUT2D eigenvalue weighted by molar-refractivity contribution is -0.125. The molecule has 5 heteroatoms. The number of benzene rings is 1. The maximum Gasteiger partial charge on any atom is 0.239 e. The van der Waals surface area contributed by atoms with Crippen molar-refractivity contribution in [2.24, 2.45) is 0 Å². The van der Waals surface area contributed by atoms with Crippen LogP contribution in [0.1, 0.15) is 10.4 Å². The van der Waals surface area contributed by atoms with E-state index in [1.165, 1.54) is 16.9 Å². The molecular formula is C16H18N2O2S. The van der Waals surface area contributed by atoms with Gasteiger partial charge in [0.15, 0.2) is 0 Å². The van der Waals surface area contributed by atoms with E-state index in [0.717, 1.165) is 11.3 Å². The number of amides is 2. The van der Waals surface area contributed by atoms with Crippen molar-refractivity contribution in [3.05, 3.63) is 58.3 Å². The van der Waals surface area contributed by atoms with E-state index in [9.17, 15) is 9.59 Å². The van der Waals surface area contributed by atoms with E-state index in [1.807, 2.05) is 47.8 Å². The fourth-order valence-electron chi connectivity index (χ4n) is 1.87. The van der Waals surface area contributed by atoms with Gasteiger partial charge in [-0.25, -0.2) is 0 Å². The number of thiophene rings is 1. The van der Waals surface area contributed by atoms with E-state index < -0.39 is 0 Å². The summed E-state index contributed by atoms with van der Waals surface area (Å²) in [6.45, 7) is 0.600. The molecular weight excluding hydrogens is 284 g/mol. The summed E-state index contributed by atoms with van der Waals surface area (Å²) < 4.78 is 0. The van der Waals surface area contributed by atoms with Gasteiger partial charge < -0.3 is 10.6 Å². The molecule has 0 aliphatic heterocycles. The first-order valence-corrected chi connectivity index (χ1v) is 7.72. The van der Waals surface area contributed by atoms with Crippen LogP contribution in [0.15, 0.2) is 47.8 Å². The summed E-state index contributed by atoms with van der Waals surface area (Å²) in [5.41, 5.74) is 1.18. The highest BCUT2D eigenvalue weighted by atomic mass is 32.1. The zero-order valence-electron chi connectivity index (χ0n) is 11.7. The monoisotopic (exact) mass is 302 g/mol. The van der Waals surface area contributed by atoms with Crippen LogP contribution in [0, 0.1) is 0 Å². The standard InChI is InChI=1S/C16H18N2O2S/c19-15(11-14-7-4-10-21-14)18-12-16(20)17-9-8-13-5-2-1-3-6-13/h1-7,10H,8-9,11-12H2,(H,17,20)(H,18,19). The van der Waals surface area contributed by atoms with Crippen LogP contribution in [0.4, 0.5) is 0 Å². The fourth-order valence-corrected chi connectivity index (χ4v) is 2.57. The molecule has 0 radical (unpaired) electrons. The molecule has 0 saturated heterocycles. The lowest BCUT2D eigenvalue weighted by Gasteiger charge is -2.06. The Labute approximate surface area is 128 Å². The molecule has 1 heterocycles. The van der Waals surface area contributed by atoms with Crippen LogP contribution >= 0.6 is 11.3 Å². The summed E-state index contributed by atoms with van der Waals surface area (Å²) in [4.78, 5) is 24.2. The van der Waals surface area contributed by atoms with Gasteiger partial charge >= 0.3 is 0 Å². The zero-order chi connectivity index (χ0) is 14.9. The third kappa shape index (κ3) is 5.79. The summed E-state index contributed by atoms with van der Waals surface area (Å²) in [6.07, 6.45) is 1.12. The van der Waals surface area contributed by atoms with E-state index in [2.05, 4.69) is 10.6 Å². The summed E-state index contributed by atoms with van der Waals surface area (Å²) in [5, 5.41) is 7.35. The minimum absolute atomic E-state index is 0.0268. The van der Waals surface area contributed by atoms with E-state index in [1.54, 1.807) is 0 Å². The Morgan fingerprint density at radius 3 is 2.48 bits per heavy atom. The van der Waals surface area contributed by atoms with Gasteiger partial charge in [0.05, 0.1) is 13.0 Å². The van der Waals surface area contributed by atoms with Crippen molar-refractivity contribution < 1.29 is 9.59 Å². The molecule has 0 fully saturated rings. The van der Waals surface area contributed by atoms with Crippen molar-refractivity contribution in [2.45, 2.75) is 12.8 Å². The number of carbonyl (C=O) groups excluding carboxylic acids is 2. The maximum atomic E-state index is 11.6. The van der Waals surface area contributed by atoms with Crippen molar-refractivity contribution in [1.29, 1.82) is 0 Å². The maximum absolute atomic E-state index is 11.6. The number of hydrogen-bond acceptors (Lipinski definition) is 3. The highest BCUT2D eigenvalue weighted by molar-refractivity contribution is 7.10. The molecule has 0 saturated carbocycles. The van der Waals surface area contributed by atoms with Crippen LogP contribution in [0.2, 0.25) is 0 Å². The molecule has 110 valence electrons. The molecule has 0 spiro atoms. The van der Waals surface area contributed by atoms with Crippen molar-refractivity contribution in [3.8, 4) is 0 Å². The molecule has 0 aliphatic rings. The second kappa shape index (κ2) is 8.21. The van der Waals surface area contributed by atoms with Crippen LogP contribution in [-0.4, -0.2) is 24.9 Å². The SMILES string of the molecule is O=C(CNC(=O)Cc1cccs1)NCCc1ccccc1. The minimum atomic E-state index is -0.162. The van der Waals surface area contributed by atoms with Crippen LogP contribution < -0.4 is 10.6 Å². The molecule has 21 heavy (non-hydrogen) atoms. The van der Waals surface area contributed by atoms with E-state index >= 15 is 0 Å². The predicted molar refractivity (Wildman–Crippen MR) is 84.2 cm³/mol. The minimum Gasteiger partial charge on any atom is -0.354 e. The molecule has 2 rings (SSSR count). The lowest BCUT2D eigenvalue weighted by atomic mass is 10.1. The summed E-state index contributed by atoms with van der Waals surface area (Å²) in [6, 6.07) is 13.8. The first-order valence-electron chi connectivity index (χ1n) is 6.84. The molecule has 0 atom stereocenters. The smallest absolute Gasteiger partial charge is 0.239 e.